The number of hydrogen-bond donors (Lipinski definition) is 1. The Morgan fingerprint density at radius 1 is 1.47 bits per heavy atom. The van der Waals surface area contributed by atoms with E-state index in [1.807, 2.05) is 6.07 Å². The molecule has 0 atom stereocenters. The van der Waals surface area contributed by atoms with Gasteiger partial charge in [-0.25, -0.2) is 4.98 Å². The number of nitriles is 1. The first-order valence-electron chi connectivity index (χ1n) is 4.74. The molecule has 1 N–H and O–H groups in total. The number of hydrogen-bond acceptors (Lipinski definition) is 4. The van der Waals surface area contributed by atoms with Gasteiger partial charge >= 0.3 is 5.51 Å². The molecule has 0 unspecified atom stereocenters. The van der Waals surface area contributed by atoms with E-state index >= 15 is 0 Å². The van der Waals surface area contributed by atoms with Crippen LogP contribution in [0.25, 0.3) is 0 Å². The predicted octanol–water partition coefficient (Wildman–Crippen LogP) is 2.93. The van der Waals surface area contributed by atoms with Gasteiger partial charge in [-0.05, 0) is 30.8 Å². The number of rotatable bonds is 4. The molecule has 1 heterocycles. The average molecular weight is 261 g/mol. The number of aryl methyl sites for hydroxylation is 1. The van der Waals surface area contributed by atoms with Gasteiger partial charge in [0.05, 0.1) is 11.6 Å². The van der Waals surface area contributed by atoms with E-state index in [9.17, 15) is 13.2 Å². The van der Waals surface area contributed by atoms with Crippen molar-refractivity contribution in [1.82, 2.24) is 4.98 Å². The van der Waals surface area contributed by atoms with Crippen molar-refractivity contribution < 1.29 is 13.2 Å². The second-order valence-electron chi connectivity index (χ2n) is 3.22. The Hall–Kier alpha value is -1.42. The van der Waals surface area contributed by atoms with Crippen LogP contribution in [0.3, 0.4) is 0 Å². The average Bonchev–Trinajstić information content (AvgIpc) is 2.22. The zero-order chi connectivity index (χ0) is 12.9. The highest BCUT2D eigenvalue weighted by Gasteiger charge is 2.27. The lowest BCUT2D eigenvalue weighted by Crippen LogP contribution is -2.10. The molecule has 0 radical (unpaired) electrons. The molecule has 17 heavy (non-hydrogen) atoms. The van der Waals surface area contributed by atoms with E-state index in [1.54, 1.807) is 13.0 Å². The van der Waals surface area contributed by atoms with E-state index in [2.05, 4.69) is 10.3 Å². The largest absolute Gasteiger partial charge is 0.441 e. The minimum absolute atomic E-state index is 0.0883. The summed E-state index contributed by atoms with van der Waals surface area (Å²) in [5.41, 5.74) is -3.13. The number of halogens is 3. The topological polar surface area (TPSA) is 48.7 Å². The van der Waals surface area contributed by atoms with Gasteiger partial charge in [-0.2, -0.15) is 18.4 Å². The molecule has 3 nitrogen and oxygen atoms in total. The molecule has 1 aromatic rings. The predicted molar refractivity (Wildman–Crippen MR) is 60.7 cm³/mol. The van der Waals surface area contributed by atoms with Gasteiger partial charge in [0.2, 0.25) is 0 Å². The van der Waals surface area contributed by atoms with E-state index in [0.29, 0.717) is 17.1 Å². The highest BCUT2D eigenvalue weighted by molar-refractivity contribution is 8.00. The number of thioether (sulfide) groups is 1. The van der Waals surface area contributed by atoms with Crippen LogP contribution in [0.15, 0.2) is 12.1 Å². The third-order valence-corrected chi connectivity index (χ3v) is 2.49. The number of nitrogens with zero attached hydrogens (tertiary/aromatic N) is 2. The lowest BCUT2D eigenvalue weighted by atomic mass is 10.2. The molecule has 92 valence electrons. The normalized spacial score (nSPS) is 11.0. The second-order valence-corrected chi connectivity index (χ2v) is 4.38. The van der Waals surface area contributed by atoms with Crippen molar-refractivity contribution in [2.75, 3.05) is 17.6 Å². The van der Waals surface area contributed by atoms with E-state index in [1.165, 1.54) is 6.07 Å². The van der Waals surface area contributed by atoms with Crippen molar-refractivity contribution >= 4 is 17.6 Å². The van der Waals surface area contributed by atoms with Crippen LogP contribution in [0.1, 0.15) is 11.3 Å². The Morgan fingerprint density at radius 3 is 2.76 bits per heavy atom. The summed E-state index contributed by atoms with van der Waals surface area (Å²) >= 11 is -0.0883. The van der Waals surface area contributed by atoms with Crippen molar-refractivity contribution in [2.45, 2.75) is 12.4 Å². The maximum absolute atomic E-state index is 11.8. The molecule has 0 aromatic carbocycles. The SMILES string of the molecule is Cc1cc(C#N)cc(NCCSC(F)(F)F)n1. The highest BCUT2D eigenvalue weighted by Crippen LogP contribution is 2.29. The zero-order valence-corrected chi connectivity index (χ0v) is 9.82. The van der Waals surface area contributed by atoms with Crippen molar-refractivity contribution in [3.8, 4) is 6.07 Å². The first-order valence-corrected chi connectivity index (χ1v) is 5.72. The number of aromatic nitrogens is 1. The third-order valence-electron chi connectivity index (χ3n) is 1.76. The van der Waals surface area contributed by atoms with Crippen molar-refractivity contribution in [3.05, 3.63) is 23.4 Å². The monoisotopic (exact) mass is 261 g/mol. The van der Waals surface area contributed by atoms with Gasteiger partial charge in [-0.15, -0.1) is 0 Å². The molecule has 0 amide bonds. The van der Waals surface area contributed by atoms with Gasteiger partial charge in [0.25, 0.3) is 0 Å². The number of nitrogens with one attached hydrogen (secondary N) is 1. The number of pyridine rings is 1. The fourth-order valence-corrected chi connectivity index (χ4v) is 1.61. The Morgan fingerprint density at radius 2 is 2.18 bits per heavy atom. The molecule has 0 bridgehead atoms. The summed E-state index contributed by atoms with van der Waals surface area (Å²) in [4.78, 5) is 4.06. The van der Waals surface area contributed by atoms with E-state index in [-0.39, 0.29) is 24.1 Å². The Balaban J connectivity index is 2.47. The summed E-state index contributed by atoms with van der Waals surface area (Å²) in [6.45, 7) is 1.86. The minimum atomic E-state index is -4.21. The fraction of sp³-hybridized carbons (Fsp3) is 0.400. The van der Waals surface area contributed by atoms with Crippen molar-refractivity contribution in [3.63, 3.8) is 0 Å². The van der Waals surface area contributed by atoms with Crippen LogP contribution in [0.5, 0.6) is 0 Å². The minimum Gasteiger partial charge on any atom is -0.369 e. The quantitative estimate of drug-likeness (QED) is 0.847. The smallest absolute Gasteiger partial charge is 0.369 e. The van der Waals surface area contributed by atoms with Crippen molar-refractivity contribution in [1.29, 1.82) is 5.26 Å². The van der Waals surface area contributed by atoms with Crippen LogP contribution in [0.4, 0.5) is 19.0 Å². The maximum Gasteiger partial charge on any atom is 0.441 e. The summed E-state index contributed by atoms with van der Waals surface area (Å²) in [5.74, 6) is 0.324. The maximum atomic E-state index is 11.8. The van der Waals surface area contributed by atoms with Gasteiger partial charge in [0, 0.05) is 18.0 Å². The molecule has 0 saturated carbocycles. The molecule has 0 spiro atoms. The molecule has 0 aliphatic heterocycles. The lowest BCUT2D eigenvalue weighted by Gasteiger charge is -2.08. The first-order chi connectivity index (χ1) is 7.90. The molecular formula is C10H10F3N3S. The van der Waals surface area contributed by atoms with Gasteiger partial charge in [0.15, 0.2) is 0 Å². The van der Waals surface area contributed by atoms with Crippen molar-refractivity contribution in [2.24, 2.45) is 0 Å². The van der Waals surface area contributed by atoms with E-state index in [0.717, 1.165) is 0 Å². The van der Waals surface area contributed by atoms with Crippen LogP contribution < -0.4 is 5.32 Å². The standard InChI is InChI=1S/C10H10F3N3S/c1-7-4-8(6-14)5-9(16-7)15-2-3-17-10(11,12)13/h4-5H,2-3H2,1H3,(H,15,16). The molecular weight excluding hydrogens is 251 g/mol. The van der Waals surface area contributed by atoms with Crippen LogP contribution in [-0.2, 0) is 0 Å². The summed E-state index contributed by atoms with van der Waals surface area (Å²) in [6.07, 6.45) is 0. The molecule has 0 saturated heterocycles. The highest BCUT2D eigenvalue weighted by atomic mass is 32.2. The molecule has 0 aliphatic carbocycles. The van der Waals surface area contributed by atoms with Gasteiger partial charge in [0.1, 0.15) is 5.82 Å². The molecule has 1 rings (SSSR count). The van der Waals surface area contributed by atoms with Crippen LogP contribution >= 0.6 is 11.8 Å². The Bertz CT molecular complexity index is 426. The molecule has 1 aromatic heterocycles. The number of anilines is 1. The molecule has 0 fully saturated rings. The van der Waals surface area contributed by atoms with Gasteiger partial charge in [-0.1, -0.05) is 0 Å². The molecule has 7 heteroatoms. The fourth-order valence-electron chi connectivity index (χ4n) is 1.17. The van der Waals surface area contributed by atoms with Gasteiger partial charge in [-0.3, -0.25) is 0 Å². The Kier molecular flexibility index (Phi) is 4.63. The molecule has 0 aliphatic rings. The zero-order valence-electron chi connectivity index (χ0n) is 9.01. The number of alkyl halides is 3. The summed E-state index contributed by atoms with van der Waals surface area (Å²) < 4.78 is 35.5. The summed E-state index contributed by atoms with van der Waals surface area (Å²) in [5, 5.41) is 11.5. The van der Waals surface area contributed by atoms with E-state index < -0.39 is 5.51 Å². The summed E-state index contributed by atoms with van der Waals surface area (Å²) in [7, 11) is 0. The van der Waals surface area contributed by atoms with Crippen LogP contribution in [0.2, 0.25) is 0 Å². The lowest BCUT2D eigenvalue weighted by molar-refractivity contribution is -0.0327. The third kappa shape index (κ3) is 5.45. The summed E-state index contributed by atoms with van der Waals surface area (Å²) in [6, 6.07) is 5.07. The second kappa shape index (κ2) is 5.77. The van der Waals surface area contributed by atoms with Crippen LogP contribution in [0, 0.1) is 18.3 Å². The Labute approximate surface area is 101 Å². The van der Waals surface area contributed by atoms with Gasteiger partial charge < -0.3 is 5.32 Å². The van der Waals surface area contributed by atoms with Crippen LogP contribution in [-0.4, -0.2) is 22.8 Å². The van der Waals surface area contributed by atoms with E-state index in [4.69, 9.17) is 5.26 Å². The first kappa shape index (κ1) is 13.6.